The summed E-state index contributed by atoms with van der Waals surface area (Å²) in [7, 11) is 0. The maximum Gasteiger partial charge on any atom is 0.522 e. The molecule has 4 nitrogen and oxygen atoms in total. The number of nitrogens with zero attached hydrogens (tertiary/aromatic N) is 1. The van der Waals surface area contributed by atoms with Crippen molar-refractivity contribution < 1.29 is 44.7 Å². The monoisotopic (exact) mass is 366 g/mol. The van der Waals surface area contributed by atoms with Gasteiger partial charge in [-0.1, -0.05) is 0 Å². The molecule has 1 heterocycles. The highest BCUT2D eigenvalue weighted by Gasteiger charge is 2.59. The lowest BCUT2D eigenvalue weighted by atomic mass is 10.1. The molecule has 0 saturated heterocycles. The number of pyridine rings is 1. The largest absolute Gasteiger partial charge is 0.522 e. The van der Waals surface area contributed by atoms with E-state index in [4.69, 9.17) is 0 Å². The van der Waals surface area contributed by atoms with E-state index in [2.05, 4.69) is 9.72 Å². The Labute approximate surface area is 129 Å². The molecule has 1 amide bonds. The summed E-state index contributed by atoms with van der Waals surface area (Å²) in [6, 6.07) is -0.932. The predicted octanol–water partition coefficient (Wildman–Crippen LogP) is 3.39. The van der Waals surface area contributed by atoms with Crippen molar-refractivity contribution in [2.75, 3.05) is 6.61 Å². The Morgan fingerprint density at radius 1 is 1.17 bits per heavy atom. The van der Waals surface area contributed by atoms with Crippen molar-refractivity contribution in [3.63, 3.8) is 0 Å². The van der Waals surface area contributed by atoms with Crippen LogP contribution in [0.3, 0.4) is 0 Å². The molecule has 136 valence electrons. The van der Waals surface area contributed by atoms with Crippen molar-refractivity contribution in [3.8, 4) is 0 Å². The van der Waals surface area contributed by atoms with Crippen LogP contribution in [0.1, 0.15) is 22.8 Å². The zero-order valence-corrected chi connectivity index (χ0v) is 11.8. The van der Waals surface area contributed by atoms with Gasteiger partial charge in [0.1, 0.15) is 0 Å². The Morgan fingerprint density at radius 3 is 2.25 bits per heavy atom. The van der Waals surface area contributed by atoms with Crippen LogP contribution in [0.25, 0.3) is 0 Å². The normalized spacial score (nSPS) is 14.4. The predicted molar refractivity (Wildman–Crippen MR) is 63.1 cm³/mol. The Balaban J connectivity index is 2.85. The third kappa shape index (κ3) is 5.28. The number of nitrogens with one attached hydrogen (secondary N) is 1. The fraction of sp³-hybridized carbons (Fsp3) is 0.500. The SMILES string of the molecule is CC(COC(F)(F)F)NC(=O)c1cncc(C(F)(F)C(F)(F)F)c1. The van der Waals surface area contributed by atoms with E-state index in [1.165, 1.54) is 0 Å². The molecule has 0 aliphatic heterocycles. The number of carbonyl (C=O) groups excluding carboxylic acids is 1. The average molecular weight is 366 g/mol. The zero-order valence-electron chi connectivity index (χ0n) is 11.8. The van der Waals surface area contributed by atoms with E-state index in [-0.39, 0.29) is 12.3 Å². The highest BCUT2D eigenvalue weighted by Crippen LogP contribution is 2.43. The molecule has 0 aliphatic carbocycles. The fourth-order valence-electron chi connectivity index (χ4n) is 1.47. The minimum atomic E-state index is -5.89. The van der Waals surface area contributed by atoms with Crippen LogP contribution in [0.4, 0.5) is 35.1 Å². The first-order chi connectivity index (χ1) is 10.7. The van der Waals surface area contributed by atoms with E-state index in [1.54, 1.807) is 0 Å². The second kappa shape index (κ2) is 6.87. The van der Waals surface area contributed by atoms with Crippen LogP contribution in [0.2, 0.25) is 0 Å². The number of aromatic nitrogens is 1. The molecule has 0 spiro atoms. The van der Waals surface area contributed by atoms with Gasteiger partial charge < -0.3 is 5.32 Å². The van der Waals surface area contributed by atoms with E-state index in [1.807, 2.05) is 5.32 Å². The summed E-state index contributed by atoms with van der Waals surface area (Å²) in [5, 5.41) is 1.96. The Kier molecular flexibility index (Phi) is 5.74. The van der Waals surface area contributed by atoms with E-state index >= 15 is 0 Å². The van der Waals surface area contributed by atoms with Crippen LogP contribution in [-0.2, 0) is 10.7 Å². The molecule has 1 aromatic heterocycles. The Hall–Kier alpha value is -1.98. The van der Waals surface area contributed by atoms with Gasteiger partial charge in [0.25, 0.3) is 5.91 Å². The number of ether oxygens (including phenoxy) is 1. The second-order valence-electron chi connectivity index (χ2n) is 4.67. The van der Waals surface area contributed by atoms with Gasteiger partial charge in [0.05, 0.1) is 18.2 Å². The summed E-state index contributed by atoms with van der Waals surface area (Å²) < 4.78 is 102. The lowest BCUT2D eigenvalue weighted by Crippen LogP contribution is -2.38. The molecule has 0 radical (unpaired) electrons. The maximum absolute atomic E-state index is 13.2. The molecular weight excluding hydrogens is 356 g/mol. The summed E-state index contributed by atoms with van der Waals surface area (Å²) in [6.45, 7) is 0.145. The molecule has 0 saturated carbocycles. The average Bonchev–Trinajstić information content (AvgIpc) is 2.43. The topological polar surface area (TPSA) is 51.2 Å². The van der Waals surface area contributed by atoms with Gasteiger partial charge in [-0.25, -0.2) is 0 Å². The van der Waals surface area contributed by atoms with Crippen molar-refractivity contribution in [1.82, 2.24) is 10.3 Å². The molecular formula is C12H10F8N2O2. The first kappa shape index (κ1) is 20.1. The molecule has 1 atom stereocenters. The minimum Gasteiger partial charge on any atom is -0.347 e. The van der Waals surface area contributed by atoms with E-state index in [9.17, 15) is 39.9 Å². The van der Waals surface area contributed by atoms with Crippen molar-refractivity contribution in [1.29, 1.82) is 0 Å². The number of hydrogen-bond donors (Lipinski definition) is 1. The summed E-state index contributed by atoms with van der Waals surface area (Å²) in [5.41, 5.74) is -2.24. The Morgan fingerprint density at radius 2 is 1.75 bits per heavy atom. The van der Waals surface area contributed by atoms with Crippen LogP contribution >= 0.6 is 0 Å². The summed E-state index contributed by atoms with van der Waals surface area (Å²) in [4.78, 5) is 14.8. The molecule has 0 fully saturated rings. The van der Waals surface area contributed by atoms with Crippen molar-refractivity contribution >= 4 is 5.91 Å². The number of carbonyl (C=O) groups is 1. The Bertz CT molecular complexity index is 585. The van der Waals surface area contributed by atoms with E-state index < -0.39 is 48.1 Å². The molecule has 12 heteroatoms. The highest BCUT2D eigenvalue weighted by molar-refractivity contribution is 5.94. The number of hydrogen-bond acceptors (Lipinski definition) is 3. The molecule has 0 bridgehead atoms. The van der Waals surface area contributed by atoms with Crippen LogP contribution in [0.5, 0.6) is 0 Å². The highest BCUT2D eigenvalue weighted by atomic mass is 19.4. The first-order valence-electron chi connectivity index (χ1n) is 6.15. The first-order valence-corrected chi connectivity index (χ1v) is 6.15. The summed E-state index contributed by atoms with van der Waals surface area (Å²) in [6.07, 6.45) is -9.89. The maximum atomic E-state index is 13.2. The molecule has 1 aromatic rings. The second-order valence-corrected chi connectivity index (χ2v) is 4.67. The fourth-order valence-corrected chi connectivity index (χ4v) is 1.47. The lowest BCUT2D eigenvalue weighted by Gasteiger charge is -2.20. The quantitative estimate of drug-likeness (QED) is 0.813. The van der Waals surface area contributed by atoms with Crippen LogP contribution in [-0.4, -0.2) is 36.1 Å². The van der Waals surface area contributed by atoms with Gasteiger partial charge in [-0.2, -0.15) is 22.0 Å². The van der Waals surface area contributed by atoms with Crippen LogP contribution in [0.15, 0.2) is 18.5 Å². The van der Waals surface area contributed by atoms with E-state index in [0.717, 1.165) is 6.92 Å². The minimum absolute atomic E-state index is 0.237. The van der Waals surface area contributed by atoms with Gasteiger partial charge in [0.2, 0.25) is 0 Å². The number of alkyl halides is 8. The number of halogens is 8. The van der Waals surface area contributed by atoms with Gasteiger partial charge in [-0.3, -0.25) is 14.5 Å². The van der Waals surface area contributed by atoms with Gasteiger partial charge in [-0.15, -0.1) is 13.2 Å². The molecule has 1 N–H and O–H groups in total. The number of rotatable bonds is 5. The number of amides is 1. The van der Waals surface area contributed by atoms with Gasteiger partial charge >= 0.3 is 18.5 Å². The molecule has 24 heavy (non-hydrogen) atoms. The van der Waals surface area contributed by atoms with Crippen LogP contribution in [0, 0.1) is 0 Å². The summed E-state index contributed by atoms with van der Waals surface area (Å²) in [5.74, 6) is -6.41. The zero-order chi connectivity index (χ0) is 18.8. The van der Waals surface area contributed by atoms with E-state index in [0.29, 0.717) is 6.20 Å². The third-order valence-electron chi connectivity index (χ3n) is 2.59. The van der Waals surface area contributed by atoms with Gasteiger partial charge in [-0.05, 0) is 13.0 Å². The van der Waals surface area contributed by atoms with Crippen molar-refractivity contribution in [3.05, 3.63) is 29.6 Å². The lowest BCUT2D eigenvalue weighted by molar-refractivity contribution is -0.325. The smallest absolute Gasteiger partial charge is 0.347 e. The third-order valence-corrected chi connectivity index (χ3v) is 2.59. The van der Waals surface area contributed by atoms with Crippen LogP contribution < -0.4 is 5.32 Å². The standard InChI is InChI=1S/C12H10F8N2O2/c1-6(5-24-12(18,19)20)22-9(23)7-2-8(4-21-3-7)10(13,14)11(15,16)17/h2-4,6H,5H2,1H3,(H,22,23). The molecule has 0 aromatic carbocycles. The van der Waals surface area contributed by atoms with Crippen molar-refractivity contribution in [2.45, 2.75) is 31.4 Å². The molecule has 0 aliphatic rings. The molecule has 1 rings (SSSR count). The van der Waals surface area contributed by atoms with Gasteiger partial charge in [0, 0.05) is 18.0 Å². The van der Waals surface area contributed by atoms with Gasteiger partial charge in [0.15, 0.2) is 0 Å². The summed E-state index contributed by atoms with van der Waals surface area (Å²) >= 11 is 0. The van der Waals surface area contributed by atoms with Crippen molar-refractivity contribution in [2.24, 2.45) is 0 Å². The molecule has 1 unspecified atom stereocenters.